The van der Waals surface area contributed by atoms with Gasteiger partial charge in [-0.2, -0.15) is 0 Å². The lowest BCUT2D eigenvalue weighted by Gasteiger charge is -2.20. The zero-order valence-corrected chi connectivity index (χ0v) is 18.9. The van der Waals surface area contributed by atoms with E-state index < -0.39 is 0 Å². The number of carbonyl (C=O) groups is 1. The molecule has 0 aliphatic heterocycles. The Morgan fingerprint density at radius 3 is 1.94 bits per heavy atom. The van der Waals surface area contributed by atoms with Gasteiger partial charge in [0.25, 0.3) is 0 Å². The van der Waals surface area contributed by atoms with Crippen molar-refractivity contribution >= 4 is 16.6 Å². The maximum absolute atomic E-state index is 13.9. The molecule has 0 spiro atoms. The zero-order valence-electron chi connectivity index (χ0n) is 18.9. The standard InChI is InChI=1S/C31H21FO2/c1-18-7-9-19(10-8-18)28-26-17-22(34-2)15-16-24(26)27(20-11-13-21(32)14-12-20)30-29(28)23-5-3-4-6-25(23)31(30)33/h3-17H,1-2H3. The molecule has 164 valence electrons. The van der Waals surface area contributed by atoms with E-state index in [9.17, 15) is 9.18 Å². The Morgan fingerprint density at radius 1 is 0.647 bits per heavy atom. The highest BCUT2D eigenvalue weighted by atomic mass is 19.1. The van der Waals surface area contributed by atoms with E-state index in [-0.39, 0.29) is 11.6 Å². The number of rotatable bonds is 3. The van der Waals surface area contributed by atoms with Crippen LogP contribution in [0.2, 0.25) is 0 Å². The van der Waals surface area contributed by atoms with Crippen LogP contribution >= 0.6 is 0 Å². The lowest BCUT2D eigenvalue weighted by atomic mass is 9.83. The molecular formula is C31H21FO2. The van der Waals surface area contributed by atoms with E-state index in [1.807, 2.05) is 42.5 Å². The summed E-state index contributed by atoms with van der Waals surface area (Å²) in [5.41, 5.74) is 8.05. The lowest BCUT2D eigenvalue weighted by molar-refractivity contribution is 0.104. The third-order valence-corrected chi connectivity index (χ3v) is 6.66. The summed E-state index contributed by atoms with van der Waals surface area (Å²) in [5.74, 6) is 0.428. The monoisotopic (exact) mass is 444 g/mol. The minimum atomic E-state index is -0.308. The van der Waals surface area contributed by atoms with Gasteiger partial charge in [-0.25, -0.2) is 4.39 Å². The fourth-order valence-electron chi connectivity index (χ4n) is 5.06. The molecule has 6 rings (SSSR count). The normalized spacial score (nSPS) is 12.0. The summed E-state index contributed by atoms with van der Waals surface area (Å²) in [6.07, 6.45) is 0. The predicted octanol–water partition coefficient (Wildman–Crippen LogP) is 7.84. The van der Waals surface area contributed by atoms with Gasteiger partial charge in [0.05, 0.1) is 7.11 Å². The summed E-state index contributed by atoms with van der Waals surface area (Å²) in [7, 11) is 1.65. The predicted molar refractivity (Wildman–Crippen MR) is 135 cm³/mol. The van der Waals surface area contributed by atoms with Crippen molar-refractivity contribution in [2.75, 3.05) is 7.11 Å². The summed E-state index contributed by atoms with van der Waals surface area (Å²) in [5, 5.41) is 1.92. The quantitative estimate of drug-likeness (QED) is 0.278. The molecule has 5 aromatic rings. The molecule has 0 fully saturated rings. The van der Waals surface area contributed by atoms with Crippen molar-refractivity contribution in [1.82, 2.24) is 0 Å². The first-order chi connectivity index (χ1) is 16.6. The number of fused-ring (bicyclic) bond motifs is 4. The van der Waals surface area contributed by atoms with Crippen LogP contribution < -0.4 is 4.74 Å². The molecule has 0 aromatic heterocycles. The first kappa shape index (κ1) is 20.4. The van der Waals surface area contributed by atoms with Crippen LogP contribution in [-0.2, 0) is 0 Å². The van der Waals surface area contributed by atoms with Gasteiger partial charge in [0, 0.05) is 22.3 Å². The second kappa shape index (κ2) is 7.67. The van der Waals surface area contributed by atoms with Gasteiger partial charge in [-0.3, -0.25) is 4.79 Å². The third-order valence-electron chi connectivity index (χ3n) is 6.66. The van der Waals surface area contributed by atoms with Gasteiger partial charge < -0.3 is 4.74 Å². The molecule has 0 unspecified atom stereocenters. The van der Waals surface area contributed by atoms with Crippen LogP contribution in [0, 0.1) is 12.7 Å². The molecule has 0 amide bonds. The average molecular weight is 445 g/mol. The molecule has 1 aliphatic carbocycles. The van der Waals surface area contributed by atoms with Crippen molar-refractivity contribution in [3.63, 3.8) is 0 Å². The Hall–Kier alpha value is -4.24. The van der Waals surface area contributed by atoms with E-state index >= 15 is 0 Å². The molecule has 0 N–H and O–H groups in total. The molecule has 0 heterocycles. The fraction of sp³-hybridized carbons (Fsp3) is 0.0645. The maximum Gasteiger partial charge on any atom is 0.194 e. The summed E-state index contributed by atoms with van der Waals surface area (Å²) >= 11 is 0. The third kappa shape index (κ3) is 2.97. The van der Waals surface area contributed by atoms with Gasteiger partial charge in [0.15, 0.2) is 5.78 Å². The molecule has 2 nitrogen and oxygen atoms in total. The Balaban J connectivity index is 1.84. The highest BCUT2D eigenvalue weighted by Gasteiger charge is 2.34. The highest BCUT2D eigenvalue weighted by molar-refractivity contribution is 6.31. The fourth-order valence-corrected chi connectivity index (χ4v) is 5.06. The van der Waals surface area contributed by atoms with Crippen LogP contribution in [0.5, 0.6) is 5.75 Å². The van der Waals surface area contributed by atoms with Crippen LogP contribution in [0.1, 0.15) is 21.5 Å². The minimum absolute atomic E-state index is 0.00370. The van der Waals surface area contributed by atoms with E-state index in [2.05, 4.69) is 31.2 Å². The highest BCUT2D eigenvalue weighted by Crippen LogP contribution is 2.51. The van der Waals surface area contributed by atoms with Crippen molar-refractivity contribution in [1.29, 1.82) is 0 Å². The Bertz CT molecular complexity index is 1600. The molecule has 0 atom stereocenters. The van der Waals surface area contributed by atoms with Crippen LogP contribution in [-0.4, -0.2) is 12.9 Å². The summed E-state index contributed by atoms with van der Waals surface area (Å²) < 4.78 is 19.4. The van der Waals surface area contributed by atoms with Crippen molar-refractivity contribution in [3.8, 4) is 39.1 Å². The van der Waals surface area contributed by atoms with Gasteiger partial charge in [0.2, 0.25) is 0 Å². The van der Waals surface area contributed by atoms with E-state index in [0.29, 0.717) is 11.1 Å². The molecule has 5 aromatic carbocycles. The van der Waals surface area contributed by atoms with E-state index in [0.717, 1.165) is 49.9 Å². The molecule has 34 heavy (non-hydrogen) atoms. The van der Waals surface area contributed by atoms with E-state index in [1.54, 1.807) is 19.2 Å². The molecule has 0 radical (unpaired) electrons. The molecule has 1 aliphatic rings. The number of carbonyl (C=O) groups excluding carboxylic acids is 1. The van der Waals surface area contributed by atoms with E-state index in [1.165, 1.54) is 17.7 Å². The number of methoxy groups -OCH3 is 1. The Kier molecular flexibility index (Phi) is 4.59. The zero-order chi connectivity index (χ0) is 23.4. The first-order valence-electron chi connectivity index (χ1n) is 11.2. The Labute approximate surface area is 197 Å². The SMILES string of the molecule is COc1ccc2c(-c3ccc(F)cc3)c3c(c(-c4ccc(C)cc4)c2c1)-c1ccccc1C3=O. The van der Waals surface area contributed by atoms with Crippen LogP contribution in [0.15, 0.2) is 91.0 Å². The maximum atomic E-state index is 13.9. The van der Waals surface area contributed by atoms with E-state index in [4.69, 9.17) is 4.74 Å². The Morgan fingerprint density at radius 2 is 1.26 bits per heavy atom. The first-order valence-corrected chi connectivity index (χ1v) is 11.2. The van der Waals surface area contributed by atoms with Crippen molar-refractivity contribution in [2.45, 2.75) is 6.92 Å². The molecular weight excluding hydrogens is 423 g/mol. The van der Waals surface area contributed by atoms with Crippen LogP contribution in [0.4, 0.5) is 4.39 Å². The number of hydrogen-bond donors (Lipinski definition) is 0. The number of ether oxygens (including phenoxy) is 1. The van der Waals surface area contributed by atoms with Gasteiger partial charge in [-0.05, 0) is 64.2 Å². The van der Waals surface area contributed by atoms with Crippen molar-refractivity contribution in [3.05, 3.63) is 114 Å². The number of aryl methyl sites for hydroxylation is 1. The average Bonchev–Trinajstić information content (AvgIpc) is 3.16. The molecule has 0 saturated heterocycles. The van der Waals surface area contributed by atoms with Gasteiger partial charge in [0.1, 0.15) is 11.6 Å². The second-order valence-corrected chi connectivity index (χ2v) is 8.66. The molecule has 3 heteroatoms. The summed E-state index contributed by atoms with van der Waals surface area (Å²) in [6, 6.07) is 28.5. The van der Waals surface area contributed by atoms with Crippen LogP contribution in [0.3, 0.4) is 0 Å². The summed E-state index contributed by atoms with van der Waals surface area (Å²) in [6.45, 7) is 2.06. The largest absolute Gasteiger partial charge is 0.497 e. The second-order valence-electron chi connectivity index (χ2n) is 8.66. The number of hydrogen-bond acceptors (Lipinski definition) is 2. The molecule has 0 saturated carbocycles. The molecule has 0 bridgehead atoms. The van der Waals surface area contributed by atoms with Crippen molar-refractivity contribution < 1.29 is 13.9 Å². The van der Waals surface area contributed by atoms with Crippen molar-refractivity contribution in [2.24, 2.45) is 0 Å². The number of ketones is 1. The van der Waals surface area contributed by atoms with Gasteiger partial charge in [-0.1, -0.05) is 72.3 Å². The lowest BCUT2D eigenvalue weighted by Crippen LogP contribution is -2.01. The van der Waals surface area contributed by atoms with Gasteiger partial charge >= 0.3 is 0 Å². The topological polar surface area (TPSA) is 26.3 Å². The van der Waals surface area contributed by atoms with Gasteiger partial charge in [-0.15, -0.1) is 0 Å². The minimum Gasteiger partial charge on any atom is -0.497 e. The summed E-state index contributed by atoms with van der Waals surface area (Å²) in [4.78, 5) is 13.9. The smallest absolute Gasteiger partial charge is 0.194 e. The van der Waals surface area contributed by atoms with Crippen LogP contribution in [0.25, 0.3) is 44.2 Å². The number of benzene rings is 5. The number of halogens is 1.